The van der Waals surface area contributed by atoms with E-state index in [1.165, 1.54) is 0 Å². The van der Waals surface area contributed by atoms with Gasteiger partial charge in [0.15, 0.2) is 0 Å². The maximum Gasteiger partial charge on any atom is 0.329 e. The van der Waals surface area contributed by atoms with Crippen LogP contribution >= 0.6 is 0 Å². The van der Waals surface area contributed by atoms with Gasteiger partial charge in [-0.2, -0.15) is 0 Å². The van der Waals surface area contributed by atoms with Gasteiger partial charge in [-0.3, -0.25) is 9.59 Å². The molecule has 0 fully saturated rings. The van der Waals surface area contributed by atoms with Gasteiger partial charge < -0.3 is 9.57 Å². The molecule has 1 N–H and O–H groups in total. The first kappa shape index (κ1) is 16.7. The Bertz CT molecular complexity index is 558. The topological polar surface area (TPSA) is 64.6 Å². The number of carbonyl (C=O) groups is 2. The second-order valence-electron chi connectivity index (χ2n) is 4.91. The molecule has 5 nitrogen and oxygen atoms in total. The summed E-state index contributed by atoms with van der Waals surface area (Å²) in [4.78, 5) is 28.0. The van der Waals surface area contributed by atoms with Crippen molar-refractivity contribution in [2.45, 2.75) is 12.8 Å². The number of nitrogens with one attached hydrogen (secondary N) is 1. The number of benzene rings is 2. The minimum atomic E-state index is -0.383. The van der Waals surface area contributed by atoms with Crippen molar-refractivity contribution >= 4 is 11.9 Å². The van der Waals surface area contributed by atoms with Crippen LogP contribution in [0, 0.1) is 0 Å². The van der Waals surface area contributed by atoms with Crippen LogP contribution in [-0.2, 0) is 32.0 Å². The number of esters is 1. The number of rotatable bonds is 8. The van der Waals surface area contributed by atoms with Crippen LogP contribution in [0.2, 0.25) is 0 Å². The molecule has 0 aliphatic rings. The van der Waals surface area contributed by atoms with Crippen molar-refractivity contribution in [3.8, 4) is 0 Å². The molecule has 2 aromatic carbocycles. The summed E-state index contributed by atoms with van der Waals surface area (Å²) in [5.74, 6) is -0.694. The summed E-state index contributed by atoms with van der Waals surface area (Å²) in [6.45, 7) is 0.394. The van der Waals surface area contributed by atoms with E-state index in [0.717, 1.165) is 11.1 Å². The lowest BCUT2D eigenvalue weighted by Gasteiger charge is -2.07. The lowest BCUT2D eigenvalue weighted by Crippen LogP contribution is -2.26. The van der Waals surface area contributed by atoms with E-state index in [2.05, 4.69) is 5.48 Å². The predicted molar refractivity (Wildman–Crippen MR) is 85.3 cm³/mol. The van der Waals surface area contributed by atoms with Gasteiger partial charge in [-0.05, 0) is 11.1 Å². The van der Waals surface area contributed by atoms with E-state index in [4.69, 9.17) is 9.57 Å². The third-order valence-electron chi connectivity index (χ3n) is 3.04. The number of hydrogen-bond acceptors (Lipinski definition) is 5. The van der Waals surface area contributed by atoms with E-state index in [9.17, 15) is 9.59 Å². The van der Waals surface area contributed by atoms with Gasteiger partial charge in [0.05, 0.1) is 19.4 Å². The van der Waals surface area contributed by atoms with Crippen LogP contribution < -0.4 is 5.48 Å². The molecule has 0 amide bonds. The molecular formula is C18H19NO4. The van der Waals surface area contributed by atoms with Crippen molar-refractivity contribution in [2.75, 3.05) is 13.2 Å². The molecule has 0 saturated heterocycles. The van der Waals surface area contributed by atoms with Gasteiger partial charge in [0.25, 0.3) is 0 Å². The highest BCUT2D eigenvalue weighted by atomic mass is 16.7. The quantitative estimate of drug-likeness (QED) is 0.459. The molecule has 5 heteroatoms. The zero-order valence-corrected chi connectivity index (χ0v) is 12.7. The fourth-order valence-corrected chi connectivity index (χ4v) is 1.95. The second kappa shape index (κ2) is 9.38. The highest BCUT2D eigenvalue weighted by Crippen LogP contribution is 2.01. The Balaban J connectivity index is 1.55. The summed E-state index contributed by atoms with van der Waals surface area (Å²) in [6, 6.07) is 18.7. The van der Waals surface area contributed by atoms with Crippen LogP contribution in [-0.4, -0.2) is 25.1 Å². The maximum atomic E-state index is 11.6. The van der Waals surface area contributed by atoms with Gasteiger partial charge in [-0.1, -0.05) is 60.7 Å². The molecule has 2 aromatic rings. The zero-order valence-electron chi connectivity index (χ0n) is 12.7. The van der Waals surface area contributed by atoms with E-state index < -0.39 is 0 Å². The minimum absolute atomic E-state index is 0.143. The van der Waals surface area contributed by atoms with Crippen molar-refractivity contribution in [3.05, 3.63) is 71.8 Å². The first-order valence-electron chi connectivity index (χ1n) is 7.40. The molecule has 0 aliphatic heterocycles. The van der Waals surface area contributed by atoms with Crippen LogP contribution in [0.4, 0.5) is 0 Å². The summed E-state index contributed by atoms with van der Waals surface area (Å²) in [7, 11) is 0. The molecule has 0 aliphatic carbocycles. The fraction of sp³-hybridized carbons (Fsp3) is 0.222. The molecule has 120 valence electrons. The van der Waals surface area contributed by atoms with Crippen molar-refractivity contribution in [3.63, 3.8) is 0 Å². The Kier molecular flexibility index (Phi) is 6.81. The summed E-state index contributed by atoms with van der Waals surface area (Å²) in [6.07, 6.45) is 0.427. The van der Waals surface area contributed by atoms with Crippen molar-refractivity contribution in [1.82, 2.24) is 5.48 Å². The lowest BCUT2D eigenvalue weighted by molar-refractivity contribution is -0.151. The standard InChI is InChI=1S/C18H19NO4/c20-17(13-15-7-3-1-4-8-15)22-12-11-19-23-18(21)14-16-9-5-2-6-10-16/h1-10,19H,11-14H2. The molecule has 0 aromatic heterocycles. The van der Waals surface area contributed by atoms with Crippen molar-refractivity contribution < 1.29 is 19.2 Å². The first-order valence-corrected chi connectivity index (χ1v) is 7.40. The number of hydroxylamine groups is 1. The van der Waals surface area contributed by atoms with Crippen molar-refractivity contribution in [1.29, 1.82) is 0 Å². The lowest BCUT2D eigenvalue weighted by atomic mass is 10.2. The smallest absolute Gasteiger partial charge is 0.329 e. The van der Waals surface area contributed by atoms with Gasteiger partial charge in [0, 0.05) is 0 Å². The average molecular weight is 313 g/mol. The fourth-order valence-electron chi connectivity index (χ4n) is 1.95. The first-order chi connectivity index (χ1) is 11.2. The van der Waals surface area contributed by atoms with E-state index in [1.54, 1.807) is 0 Å². The van der Waals surface area contributed by atoms with Crippen LogP contribution in [0.3, 0.4) is 0 Å². The average Bonchev–Trinajstić information content (AvgIpc) is 2.56. The second-order valence-corrected chi connectivity index (χ2v) is 4.91. The number of ether oxygens (including phenoxy) is 1. The van der Waals surface area contributed by atoms with Gasteiger partial charge in [-0.15, -0.1) is 5.48 Å². The summed E-state index contributed by atoms with van der Waals surface area (Å²) < 4.78 is 5.05. The van der Waals surface area contributed by atoms with Crippen LogP contribution in [0.1, 0.15) is 11.1 Å². The van der Waals surface area contributed by atoms with E-state index in [-0.39, 0.29) is 37.9 Å². The van der Waals surface area contributed by atoms with Gasteiger partial charge in [0.1, 0.15) is 6.61 Å². The molecule has 0 spiro atoms. The SMILES string of the molecule is O=C(Cc1ccccc1)OCCNOC(=O)Cc1ccccc1. The Labute approximate surface area is 135 Å². The molecule has 0 heterocycles. The highest BCUT2D eigenvalue weighted by molar-refractivity contribution is 5.72. The minimum Gasteiger partial charge on any atom is -0.464 e. The molecule has 0 radical (unpaired) electrons. The summed E-state index contributed by atoms with van der Waals surface area (Å²) in [5.41, 5.74) is 4.28. The monoisotopic (exact) mass is 313 g/mol. The predicted octanol–water partition coefficient (Wildman–Crippen LogP) is 2.06. The van der Waals surface area contributed by atoms with Crippen molar-refractivity contribution in [2.24, 2.45) is 0 Å². The van der Waals surface area contributed by atoms with Crippen LogP contribution in [0.15, 0.2) is 60.7 Å². The van der Waals surface area contributed by atoms with Crippen LogP contribution in [0.25, 0.3) is 0 Å². The largest absolute Gasteiger partial charge is 0.464 e. The third kappa shape index (κ3) is 6.76. The molecule has 2 rings (SSSR count). The third-order valence-corrected chi connectivity index (χ3v) is 3.04. The van der Waals surface area contributed by atoms with E-state index in [1.807, 2.05) is 60.7 Å². The highest BCUT2D eigenvalue weighted by Gasteiger charge is 2.06. The molecule has 0 saturated carbocycles. The Morgan fingerprint density at radius 2 is 1.30 bits per heavy atom. The van der Waals surface area contributed by atoms with E-state index >= 15 is 0 Å². The molecule has 0 atom stereocenters. The van der Waals surface area contributed by atoms with E-state index in [0.29, 0.717) is 0 Å². The number of hydrogen-bond donors (Lipinski definition) is 1. The Morgan fingerprint density at radius 1 is 0.783 bits per heavy atom. The molecular weight excluding hydrogens is 294 g/mol. The van der Waals surface area contributed by atoms with Crippen LogP contribution in [0.5, 0.6) is 0 Å². The van der Waals surface area contributed by atoms with Gasteiger partial charge in [0.2, 0.25) is 0 Å². The Hall–Kier alpha value is -2.66. The Morgan fingerprint density at radius 3 is 1.87 bits per heavy atom. The summed E-state index contributed by atoms with van der Waals surface area (Å²) >= 11 is 0. The van der Waals surface area contributed by atoms with Gasteiger partial charge >= 0.3 is 11.9 Å². The molecule has 0 bridgehead atoms. The maximum absolute atomic E-state index is 11.6. The summed E-state index contributed by atoms with van der Waals surface area (Å²) in [5, 5.41) is 0. The zero-order chi connectivity index (χ0) is 16.3. The van der Waals surface area contributed by atoms with Gasteiger partial charge in [-0.25, -0.2) is 0 Å². The molecule has 0 unspecified atom stereocenters. The molecule has 23 heavy (non-hydrogen) atoms. The normalized spacial score (nSPS) is 10.1. The number of carbonyl (C=O) groups excluding carboxylic acids is 2.